The molecule has 0 bridgehead atoms. The van der Waals surface area contributed by atoms with Crippen LogP contribution < -0.4 is 5.32 Å². The van der Waals surface area contributed by atoms with Crippen LogP contribution in [0.1, 0.15) is 24.2 Å². The topological polar surface area (TPSA) is 29.9 Å². The van der Waals surface area contributed by atoms with Crippen molar-refractivity contribution in [2.75, 3.05) is 6.54 Å². The Bertz CT molecular complexity index is 293. The molecule has 0 spiro atoms. The highest BCUT2D eigenvalue weighted by atomic mass is 35.5. The third kappa shape index (κ3) is 3.67. The van der Waals surface area contributed by atoms with Crippen LogP contribution in [0.5, 0.6) is 0 Å². The molecule has 1 aliphatic heterocycles. The normalized spacial score (nSPS) is 19.5. The second-order valence-electron chi connectivity index (χ2n) is 3.90. The molecule has 1 aliphatic rings. The van der Waals surface area contributed by atoms with Gasteiger partial charge < -0.3 is 5.32 Å². The third-order valence-corrected chi connectivity index (χ3v) is 2.66. The predicted octanol–water partition coefficient (Wildman–Crippen LogP) is 2.10. The Kier molecular flexibility index (Phi) is 6.25. The number of aromatic nitrogens is 2. The molecular formula is C10H19Cl2N3. The Balaban J connectivity index is 0.000000980. The van der Waals surface area contributed by atoms with Gasteiger partial charge in [0.2, 0.25) is 0 Å². The molecule has 5 heteroatoms. The zero-order valence-corrected chi connectivity index (χ0v) is 10.8. The molecule has 0 saturated carbocycles. The van der Waals surface area contributed by atoms with Crippen molar-refractivity contribution in [1.29, 1.82) is 0 Å². The molecule has 2 heterocycles. The first-order valence-corrected chi connectivity index (χ1v) is 5.00. The summed E-state index contributed by atoms with van der Waals surface area (Å²) in [6.45, 7) is 6.37. The monoisotopic (exact) mass is 251 g/mol. The van der Waals surface area contributed by atoms with E-state index in [1.54, 1.807) is 0 Å². The molecule has 88 valence electrons. The number of nitrogens with one attached hydrogen (secondary N) is 1. The second-order valence-corrected chi connectivity index (χ2v) is 3.90. The number of halogens is 2. The van der Waals surface area contributed by atoms with Crippen LogP contribution >= 0.6 is 24.8 Å². The quantitative estimate of drug-likeness (QED) is 0.873. The standard InChI is InChI=1S/C10H17N3.2ClH/c1-8-6-9(2)13(12-8)7-10-4-3-5-11-10;;/h6,10-11H,3-5,7H2,1-2H3;2*1H. The van der Waals surface area contributed by atoms with Gasteiger partial charge in [-0.25, -0.2) is 0 Å². The maximum Gasteiger partial charge on any atom is 0.0596 e. The van der Waals surface area contributed by atoms with E-state index in [0.717, 1.165) is 12.2 Å². The van der Waals surface area contributed by atoms with E-state index in [-0.39, 0.29) is 24.8 Å². The summed E-state index contributed by atoms with van der Waals surface area (Å²) >= 11 is 0. The highest BCUT2D eigenvalue weighted by Gasteiger charge is 2.15. The summed E-state index contributed by atoms with van der Waals surface area (Å²) in [5.41, 5.74) is 2.39. The Morgan fingerprint density at radius 1 is 1.47 bits per heavy atom. The van der Waals surface area contributed by atoms with Gasteiger partial charge in [-0.2, -0.15) is 5.10 Å². The molecule has 15 heavy (non-hydrogen) atoms. The summed E-state index contributed by atoms with van der Waals surface area (Å²) < 4.78 is 2.11. The van der Waals surface area contributed by atoms with Gasteiger partial charge in [0.15, 0.2) is 0 Å². The summed E-state index contributed by atoms with van der Waals surface area (Å²) in [4.78, 5) is 0. The van der Waals surface area contributed by atoms with Crippen LogP contribution in [0.15, 0.2) is 6.07 Å². The van der Waals surface area contributed by atoms with Crippen LogP contribution in [-0.2, 0) is 6.54 Å². The third-order valence-electron chi connectivity index (χ3n) is 2.66. The molecule has 0 aliphatic carbocycles. The van der Waals surface area contributed by atoms with Gasteiger partial charge in [-0.1, -0.05) is 0 Å². The maximum absolute atomic E-state index is 4.45. The first-order chi connectivity index (χ1) is 6.25. The molecular weight excluding hydrogens is 233 g/mol. The van der Waals surface area contributed by atoms with Crippen LogP contribution in [-0.4, -0.2) is 22.4 Å². The van der Waals surface area contributed by atoms with E-state index in [1.165, 1.54) is 25.1 Å². The fourth-order valence-corrected chi connectivity index (χ4v) is 1.98. The second kappa shape index (κ2) is 6.36. The van der Waals surface area contributed by atoms with Gasteiger partial charge in [-0.05, 0) is 39.3 Å². The number of hydrogen-bond acceptors (Lipinski definition) is 2. The molecule has 0 amide bonds. The highest BCUT2D eigenvalue weighted by molar-refractivity contribution is 5.85. The van der Waals surface area contributed by atoms with Crippen molar-refractivity contribution < 1.29 is 0 Å². The van der Waals surface area contributed by atoms with Gasteiger partial charge in [0.05, 0.1) is 12.2 Å². The van der Waals surface area contributed by atoms with Crippen molar-refractivity contribution in [1.82, 2.24) is 15.1 Å². The van der Waals surface area contributed by atoms with E-state index in [1.807, 2.05) is 6.92 Å². The van der Waals surface area contributed by atoms with E-state index in [0.29, 0.717) is 6.04 Å². The summed E-state index contributed by atoms with van der Waals surface area (Å²) in [6.07, 6.45) is 2.60. The van der Waals surface area contributed by atoms with Gasteiger partial charge >= 0.3 is 0 Å². The van der Waals surface area contributed by atoms with Gasteiger partial charge in [0.1, 0.15) is 0 Å². The molecule has 1 fully saturated rings. The fraction of sp³-hybridized carbons (Fsp3) is 0.700. The average molecular weight is 252 g/mol. The van der Waals surface area contributed by atoms with Crippen molar-refractivity contribution in [3.63, 3.8) is 0 Å². The highest BCUT2D eigenvalue weighted by Crippen LogP contribution is 2.09. The minimum absolute atomic E-state index is 0. The first-order valence-electron chi connectivity index (χ1n) is 5.00. The molecule has 0 aromatic carbocycles. The molecule has 1 aromatic heterocycles. The SMILES string of the molecule is Cc1cc(C)n(CC2CCCN2)n1.Cl.Cl. The van der Waals surface area contributed by atoms with Crippen molar-refractivity contribution >= 4 is 24.8 Å². The van der Waals surface area contributed by atoms with Crippen molar-refractivity contribution in [3.8, 4) is 0 Å². The molecule has 2 rings (SSSR count). The van der Waals surface area contributed by atoms with Crippen molar-refractivity contribution in [2.24, 2.45) is 0 Å². The predicted molar refractivity (Wildman–Crippen MR) is 67.2 cm³/mol. The number of aryl methyl sites for hydroxylation is 2. The summed E-state index contributed by atoms with van der Waals surface area (Å²) in [5, 5.41) is 7.93. The van der Waals surface area contributed by atoms with Gasteiger partial charge in [0.25, 0.3) is 0 Å². The lowest BCUT2D eigenvalue weighted by atomic mass is 10.2. The van der Waals surface area contributed by atoms with Crippen molar-refractivity contribution in [2.45, 2.75) is 39.3 Å². The molecule has 0 radical (unpaired) electrons. The van der Waals surface area contributed by atoms with E-state index in [2.05, 4.69) is 28.1 Å². The van der Waals surface area contributed by atoms with Crippen LogP contribution in [0.25, 0.3) is 0 Å². The van der Waals surface area contributed by atoms with Gasteiger partial charge in [0, 0.05) is 11.7 Å². The van der Waals surface area contributed by atoms with Crippen LogP contribution in [0, 0.1) is 13.8 Å². The Morgan fingerprint density at radius 2 is 2.20 bits per heavy atom. The zero-order chi connectivity index (χ0) is 9.26. The molecule has 3 nitrogen and oxygen atoms in total. The van der Waals surface area contributed by atoms with E-state index >= 15 is 0 Å². The lowest BCUT2D eigenvalue weighted by Gasteiger charge is -2.11. The molecule has 1 saturated heterocycles. The fourth-order valence-electron chi connectivity index (χ4n) is 1.98. The summed E-state index contributed by atoms with van der Waals surface area (Å²) in [6, 6.07) is 2.77. The lowest BCUT2D eigenvalue weighted by Crippen LogP contribution is -2.27. The van der Waals surface area contributed by atoms with E-state index in [9.17, 15) is 0 Å². The van der Waals surface area contributed by atoms with Gasteiger partial charge in [-0.15, -0.1) is 24.8 Å². The molecule has 1 atom stereocenters. The number of rotatable bonds is 2. The minimum atomic E-state index is 0. The Hall–Kier alpha value is -0.250. The molecule has 1 N–H and O–H groups in total. The summed E-state index contributed by atoms with van der Waals surface area (Å²) in [5.74, 6) is 0. The van der Waals surface area contributed by atoms with Gasteiger partial charge in [-0.3, -0.25) is 4.68 Å². The number of nitrogens with zero attached hydrogens (tertiary/aromatic N) is 2. The number of hydrogen-bond donors (Lipinski definition) is 1. The van der Waals surface area contributed by atoms with Crippen LogP contribution in [0.3, 0.4) is 0 Å². The van der Waals surface area contributed by atoms with E-state index in [4.69, 9.17) is 0 Å². The molecule has 1 unspecified atom stereocenters. The maximum atomic E-state index is 4.45. The average Bonchev–Trinajstić information content (AvgIpc) is 2.63. The lowest BCUT2D eigenvalue weighted by molar-refractivity contribution is 0.467. The Morgan fingerprint density at radius 3 is 2.67 bits per heavy atom. The van der Waals surface area contributed by atoms with Crippen molar-refractivity contribution in [3.05, 3.63) is 17.5 Å². The first kappa shape index (κ1) is 14.8. The summed E-state index contributed by atoms with van der Waals surface area (Å²) in [7, 11) is 0. The van der Waals surface area contributed by atoms with Crippen LogP contribution in [0.4, 0.5) is 0 Å². The smallest absolute Gasteiger partial charge is 0.0596 e. The van der Waals surface area contributed by atoms with E-state index < -0.39 is 0 Å². The Labute approximate surface area is 103 Å². The zero-order valence-electron chi connectivity index (χ0n) is 9.19. The van der Waals surface area contributed by atoms with Crippen LogP contribution in [0.2, 0.25) is 0 Å². The minimum Gasteiger partial charge on any atom is -0.312 e. The molecule has 1 aromatic rings. The largest absolute Gasteiger partial charge is 0.312 e.